The number of methoxy groups -OCH3 is 3. The first-order valence-electron chi connectivity index (χ1n) is 11.4. The molecule has 0 N–H and O–H groups in total. The molecule has 2 heterocycles. The van der Waals surface area contributed by atoms with Gasteiger partial charge in [0.05, 0.1) is 50.3 Å². The number of hydrazone groups is 1. The third kappa shape index (κ3) is 4.00. The van der Waals surface area contributed by atoms with E-state index >= 15 is 0 Å². The first-order chi connectivity index (χ1) is 17.1. The summed E-state index contributed by atoms with van der Waals surface area (Å²) in [6.45, 7) is 2.49. The minimum absolute atomic E-state index is 0.0110. The molecule has 3 aromatic rings. The van der Waals surface area contributed by atoms with Gasteiger partial charge in [-0.1, -0.05) is 29.8 Å². The van der Waals surface area contributed by atoms with Gasteiger partial charge in [-0.25, -0.2) is 5.01 Å². The summed E-state index contributed by atoms with van der Waals surface area (Å²) in [5, 5.41) is 7.58. The van der Waals surface area contributed by atoms with E-state index < -0.39 is 6.23 Å². The fraction of sp³-hybridized carbons (Fsp3) is 0.296. The van der Waals surface area contributed by atoms with Gasteiger partial charge >= 0.3 is 0 Å². The summed E-state index contributed by atoms with van der Waals surface area (Å²) in [4.78, 5) is 0. The molecule has 0 spiro atoms. The van der Waals surface area contributed by atoms with Crippen molar-refractivity contribution in [2.24, 2.45) is 5.10 Å². The Bertz CT molecular complexity index is 1280. The third-order valence-corrected chi connectivity index (χ3v) is 6.56. The molecule has 35 heavy (non-hydrogen) atoms. The number of rotatable bonds is 7. The Morgan fingerprint density at radius 2 is 1.71 bits per heavy atom. The lowest BCUT2D eigenvalue weighted by Crippen LogP contribution is -2.34. The van der Waals surface area contributed by atoms with Crippen molar-refractivity contribution in [3.8, 4) is 28.7 Å². The van der Waals surface area contributed by atoms with Crippen molar-refractivity contribution in [2.75, 3.05) is 27.9 Å². The first kappa shape index (κ1) is 23.2. The van der Waals surface area contributed by atoms with Crippen LogP contribution in [0.2, 0.25) is 5.02 Å². The number of benzene rings is 3. The van der Waals surface area contributed by atoms with Gasteiger partial charge in [0, 0.05) is 12.0 Å². The first-order valence-corrected chi connectivity index (χ1v) is 11.8. The second kappa shape index (κ2) is 9.58. The topological polar surface area (TPSA) is 61.8 Å². The highest BCUT2D eigenvalue weighted by molar-refractivity contribution is 6.32. The van der Waals surface area contributed by atoms with Crippen LogP contribution in [0.1, 0.15) is 42.3 Å². The lowest BCUT2D eigenvalue weighted by atomic mass is 9.95. The van der Waals surface area contributed by atoms with Gasteiger partial charge in [-0.15, -0.1) is 0 Å². The molecule has 3 aromatic carbocycles. The lowest BCUT2D eigenvalue weighted by Gasteiger charge is -2.38. The molecule has 0 aromatic heterocycles. The van der Waals surface area contributed by atoms with Crippen LogP contribution in [0.4, 0.5) is 0 Å². The van der Waals surface area contributed by atoms with Crippen LogP contribution in [0.25, 0.3) is 0 Å². The number of nitrogens with zero attached hydrogens (tertiary/aromatic N) is 2. The predicted molar refractivity (Wildman–Crippen MR) is 134 cm³/mol. The van der Waals surface area contributed by atoms with E-state index in [0.717, 1.165) is 28.2 Å². The zero-order valence-corrected chi connectivity index (χ0v) is 20.8. The monoisotopic (exact) mass is 494 g/mol. The van der Waals surface area contributed by atoms with E-state index in [1.807, 2.05) is 60.5 Å². The maximum Gasteiger partial charge on any atom is 0.217 e. The molecule has 2 atom stereocenters. The van der Waals surface area contributed by atoms with Crippen LogP contribution in [-0.2, 0) is 0 Å². The normalized spacial score (nSPS) is 18.2. The Morgan fingerprint density at radius 1 is 0.943 bits per heavy atom. The van der Waals surface area contributed by atoms with Gasteiger partial charge in [0.15, 0.2) is 11.5 Å². The number of fused-ring (bicyclic) bond motifs is 3. The molecule has 7 nitrogen and oxygen atoms in total. The Hall–Kier alpha value is -3.58. The highest BCUT2D eigenvalue weighted by atomic mass is 35.5. The van der Waals surface area contributed by atoms with Crippen molar-refractivity contribution in [3.05, 3.63) is 76.3 Å². The lowest BCUT2D eigenvalue weighted by molar-refractivity contribution is -0.0205. The number of hydrogen-bond donors (Lipinski definition) is 0. The highest BCUT2D eigenvalue weighted by Gasteiger charge is 2.42. The maximum absolute atomic E-state index is 6.50. The van der Waals surface area contributed by atoms with Crippen molar-refractivity contribution >= 4 is 17.3 Å². The van der Waals surface area contributed by atoms with Gasteiger partial charge in [0.1, 0.15) is 11.5 Å². The van der Waals surface area contributed by atoms with E-state index in [1.54, 1.807) is 21.3 Å². The number of ether oxygens (including phenoxy) is 5. The predicted octanol–water partition coefficient (Wildman–Crippen LogP) is 6.01. The van der Waals surface area contributed by atoms with Crippen molar-refractivity contribution in [1.82, 2.24) is 5.01 Å². The maximum atomic E-state index is 6.50. The number of para-hydroxylation sites is 1. The van der Waals surface area contributed by atoms with E-state index in [4.69, 9.17) is 40.4 Å². The van der Waals surface area contributed by atoms with Crippen molar-refractivity contribution < 1.29 is 23.7 Å². The van der Waals surface area contributed by atoms with Gasteiger partial charge in [0.2, 0.25) is 12.0 Å². The smallest absolute Gasteiger partial charge is 0.217 e. The van der Waals surface area contributed by atoms with Crippen LogP contribution >= 0.6 is 11.6 Å². The molecule has 2 aliphatic heterocycles. The molecule has 0 unspecified atom stereocenters. The van der Waals surface area contributed by atoms with E-state index in [2.05, 4.69) is 6.07 Å². The molecule has 2 aliphatic rings. The van der Waals surface area contributed by atoms with Gasteiger partial charge in [-0.05, 0) is 48.9 Å². The summed E-state index contributed by atoms with van der Waals surface area (Å²) in [6.07, 6.45) is 0.178. The van der Waals surface area contributed by atoms with Gasteiger partial charge in [-0.3, -0.25) is 0 Å². The van der Waals surface area contributed by atoms with Crippen LogP contribution in [0.5, 0.6) is 28.7 Å². The second-order valence-electron chi connectivity index (χ2n) is 8.16. The molecule has 182 valence electrons. The molecule has 5 rings (SSSR count). The zero-order valence-electron chi connectivity index (χ0n) is 20.1. The van der Waals surface area contributed by atoms with Crippen LogP contribution in [0, 0.1) is 0 Å². The summed E-state index contributed by atoms with van der Waals surface area (Å²) in [6, 6.07) is 17.6. The minimum Gasteiger partial charge on any atom is -0.493 e. The van der Waals surface area contributed by atoms with Crippen LogP contribution in [0.15, 0.2) is 59.7 Å². The Labute approximate surface area is 209 Å². The Kier molecular flexibility index (Phi) is 6.34. The largest absolute Gasteiger partial charge is 0.493 e. The standard InChI is InChI=1S/C27H27ClN2O5/c1-5-34-23-12-10-16(14-19(23)28)20-15-21-17-8-6-7-9-22(17)35-27(30(21)29-20)18-11-13-24(31-2)26(33-4)25(18)32-3/h6-14,21,27H,5,15H2,1-4H3/t21-,27-/m0/s1. The summed E-state index contributed by atoms with van der Waals surface area (Å²) >= 11 is 6.49. The van der Waals surface area contributed by atoms with Crippen molar-refractivity contribution in [2.45, 2.75) is 25.6 Å². The summed E-state index contributed by atoms with van der Waals surface area (Å²) in [5.41, 5.74) is 3.74. The number of hydrogen-bond acceptors (Lipinski definition) is 7. The second-order valence-corrected chi connectivity index (χ2v) is 8.56. The molecule has 0 saturated heterocycles. The molecule has 8 heteroatoms. The zero-order chi connectivity index (χ0) is 24.5. The Balaban J connectivity index is 1.60. The van der Waals surface area contributed by atoms with E-state index in [1.165, 1.54) is 0 Å². The fourth-order valence-corrected chi connectivity index (χ4v) is 4.92. The molecule has 0 fully saturated rings. The summed E-state index contributed by atoms with van der Waals surface area (Å²) in [5.74, 6) is 3.11. The molecule has 0 saturated carbocycles. The molecule has 0 radical (unpaired) electrons. The van der Waals surface area contributed by atoms with Crippen LogP contribution in [0.3, 0.4) is 0 Å². The number of halogens is 1. The highest BCUT2D eigenvalue weighted by Crippen LogP contribution is 2.51. The Morgan fingerprint density at radius 3 is 2.43 bits per heavy atom. The van der Waals surface area contributed by atoms with E-state index in [9.17, 15) is 0 Å². The van der Waals surface area contributed by atoms with E-state index in [0.29, 0.717) is 41.0 Å². The van der Waals surface area contributed by atoms with Gasteiger partial charge in [-0.2, -0.15) is 5.10 Å². The molecule has 0 aliphatic carbocycles. The average molecular weight is 495 g/mol. The molecule has 0 amide bonds. The van der Waals surface area contributed by atoms with Crippen molar-refractivity contribution in [1.29, 1.82) is 0 Å². The third-order valence-electron chi connectivity index (χ3n) is 6.26. The summed E-state index contributed by atoms with van der Waals surface area (Å²) < 4.78 is 29.0. The molecular weight excluding hydrogens is 468 g/mol. The SMILES string of the molecule is CCOc1ccc(C2=NN3[C@@H](C2)c2ccccc2O[C@H]3c2ccc(OC)c(OC)c2OC)cc1Cl. The van der Waals surface area contributed by atoms with E-state index in [-0.39, 0.29) is 6.04 Å². The fourth-order valence-electron chi connectivity index (χ4n) is 4.69. The average Bonchev–Trinajstić information content (AvgIpc) is 3.34. The minimum atomic E-state index is -0.527. The van der Waals surface area contributed by atoms with Crippen LogP contribution < -0.4 is 23.7 Å². The quantitative estimate of drug-likeness (QED) is 0.401. The molecule has 0 bridgehead atoms. The van der Waals surface area contributed by atoms with Crippen molar-refractivity contribution in [3.63, 3.8) is 0 Å². The molecular formula is C27H27ClN2O5. The van der Waals surface area contributed by atoms with Gasteiger partial charge in [0.25, 0.3) is 0 Å². The van der Waals surface area contributed by atoms with Crippen LogP contribution in [-0.4, -0.2) is 38.7 Å². The summed E-state index contributed by atoms with van der Waals surface area (Å²) in [7, 11) is 4.79. The van der Waals surface area contributed by atoms with Gasteiger partial charge < -0.3 is 23.7 Å².